The minimum atomic E-state index is -0.187. The van der Waals surface area contributed by atoms with Crippen LogP contribution in [0.25, 0.3) is 0 Å². The van der Waals surface area contributed by atoms with Crippen LogP contribution in [0, 0.1) is 0 Å². The maximum Gasteiger partial charge on any atom is 0.138 e. The molecule has 0 spiro atoms. The second-order valence-corrected chi connectivity index (χ2v) is 4.56. The third-order valence-electron chi connectivity index (χ3n) is 2.74. The van der Waals surface area contributed by atoms with E-state index in [-0.39, 0.29) is 17.8 Å². The number of likely N-dealkylation sites (N-methyl/N-ethyl adjacent to an activating group) is 1. The zero-order valence-electron chi connectivity index (χ0n) is 8.29. The van der Waals surface area contributed by atoms with E-state index < -0.39 is 0 Å². The monoisotopic (exact) mass is 184 g/mol. The second-order valence-electron chi connectivity index (χ2n) is 4.56. The van der Waals surface area contributed by atoms with Crippen LogP contribution in [0.4, 0.5) is 0 Å². The number of fused-ring (bicyclic) bond motifs is 2. The maximum absolute atomic E-state index is 9.64. The van der Waals surface area contributed by atoms with Gasteiger partial charge in [0.1, 0.15) is 12.1 Å². The third kappa shape index (κ3) is 1.77. The zero-order chi connectivity index (χ0) is 9.47. The predicted molar refractivity (Wildman–Crippen MR) is 49.7 cm³/mol. The highest BCUT2D eigenvalue weighted by Gasteiger charge is 2.44. The molecule has 0 aromatic carbocycles. The topological polar surface area (TPSA) is 33.9 Å². The minimum absolute atomic E-state index is 0.156. The van der Waals surface area contributed by atoms with E-state index in [0.29, 0.717) is 0 Å². The molecule has 0 aromatic rings. The SMILES string of the molecule is C[NH+](C)C[C@]12C=C[C@H](C[C@@H](O)C1)O2. The van der Waals surface area contributed by atoms with E-state index in [1.807, 2.05) is 0 Å². The third-order valence-corrected chi connectivity index (χ3v) is 2.74. The molecule has 2 rings (SSSR count). The van der Waals surface area contributed by atoms with Crippen LogP contribution >= 0.6 is 0 Å². The van der Waals surface area contributed by atoms with Crippen LogP contribution in [-0.4, -0.2) is 43.6 Å². The highest BCUT2D eigenvalue weighted by molar-refractivity contribution is 5.15. The van der Waals surface area contributed by atoms with Crippen LogP contribution in [0.2, 0.25) is 0 Å². The van der Waals surface area contributed by atoms with Crippen LogP contribution in [0.1, 0.15) is 12.8 Å². The zero-order valence-corrected chi connectivity index (χ0v) is 8.29. The number of aliphatic hydroxyl groups is 1. The summed E-state index contributed by atoms with van der Waals surface area (Å²) in [5, 5.41) is 9.64. The van der Waals surface area contributed by atoms with Crippen LogP contribution in [0.3, 0.4) is 0 Å². The predicted octanol–water partition coefficient (Wildman–Crippen LogP) is -1.02. The van der Waals surface area contributed by atoms with Gasteiger partial charge >= 0.3 is 0 Å². The number of aliphatic hydroxyl groups excluding tert-OH is 1. The van der Waals surface area contributed by atoms with Gasteiger partial charge < -0.3 is 14.7 Å². The molecule has 0 amide bonds. The molecule has 3 heteroatoms. The lowest BCUT2D eigenvalue weighted by molar-refractivity contribution is -0.865. The summed E-state index contributed by atoms with van der Waals surface area (Å²) in [7, 11) is 4.22. The lowest BCUT2D eigenvalue weighted by Gasteiger charge is -2.36. The molecule has 0 aliphatic carbocycles. The molecule has 74 valence electrons. The molecule has 0 radical (unpaired) electrons. The van der Waals surface area contributed by atoms with E-state index in [4.69, 9.17) is 4.74 Å². The Balaban J connectivity index is 2.09. The Labute approximate surface area is 79.0 Å². The van der Waals surface area contributed by atoms with Gasteiger partial charge in [0.25, 0.3) is 0 Å². The normalized spacial score (nSPS) is 43.1. The van der Waals surface area contributed by atoms with E-state index in [9.17, 15) is 5.11 Å². The fourth-order valence-corrected chi connectivity index (χ4v) is 2.43. The van der Waals surface area contributed by atoms with Crippen LogP contribution in [0.15, 0.2) is 12.2 Å². The van der Waals surface area contributed by atoms with Gasteiger partial charge in [-0.25, -0.2) is 0 Å². The van der Waals surface area contributed by atoms with Crippen molar-refractivity contribution < 1.29 is 14.7 Å². The summed E-state index contributed by atoms with van der Waals surface area (Å²) in [4.78, 5) is 1.36. The highest BCUT2D eigenvalue weighted by Crippen LogP contribution is 2.35. The van der Waals surface area contributed by atoms with E-state index in [1.54, 1.807) is 0 Å². The van der Waals surface area contributed by atoms with Gasteiger partial charge in [0.2, 0.25) is 0 Å². The van der Waals surface area contributed by atoms with Crippen molar-refractivity contribution in [3.05, 3.63) is 12.2 Å². The van der Waals surface area contributed by atoms with Crippen molar-refractivity contribution in [2.45, 2.75) is 30.7 Å². The Kier molecular flexibility index (Phi) is 2.18. The molecule has 0 saturated carbocycles. The molecule has 1 fully saturated rings. The summed E-state index contributed by atoms with van der Waals surface area (Å²) in [5.41, 5.74) is -0.179. The summed E-state index contributed by atoms with van der Waals surface area (Å²) >= 11 is 0. The Bertz CT molecular complexity index is 223. The van der Waals surface area contributed by atoms with Crippen molar-refractivity contribution in [3.8, 4) is 0 Å². The van der Waals surface area contributed by atoms with E-state index in [0.717, 1.165) is 19.4 Å². The van der Waals surface area contributed by atoms with E-state index in [1.165, 1.54) is 4.90 Å². The standard InChI is InChI=1S/C10H17NO2/c1-11(2)7-10-4-3-9(13-10)5-8(12)6-10/h3-4,8-9,12H,5-7H2,1-2H3/p+1/t8-,9-,10+/m1/s1. The number of hydrogen-bond acceptors (Lipinski definition) is 2. The summed E-state index contributed by atoms with van der Waals surface area (Å²) in [6.07, 6.45) is 5.72. The summed E-state index contributed by atoms with van der Waals surface area (Å²) in [6.45, 7) is 0.942. The van der Waals surface area contributed by atoms with Crippen LogP contribution in [0.5, 0.6) is 0 Å². The average molecular weight is 184 g/mol. The average Bonchev–Trinajstić information content (AvgIpc) is 2.24. The summed E-state index contributed by atoms with van der Waals surface area (Å²) < 4.78 is 5.87. The van der Waals surface area contributed by atoms with Gasteiger partial charge in [-0.3, -0.25) is 0 Å². The molecule has 2 aliphatic rings. The van der Waals surface area contributed by atoms with Gasteiger partial charge in [-0.15, -0.1) is 0 Å². The Hall–Kier alpha value is -0.380. The van der Waals surface area contributed by atoms with Gasteiger partial charge in [-0.1, -0.05) is 6.08 Å². The second kappa shape index (κ2) is 3.08. The Morgan fingerprint density at radius 3 is 3.08 bits per heavy atom. The lowest BCUT2D eigenvalue weighted by Crippen LogP contribution is -3.08. The number of hydrogen-bond donors (Lipinski definition) is 2. The molecule has 3 atom stereocenters. The molecule has 2 bridgehead atoms. The number of quaternary nitrogens is 1. The van der Waals surface area contributed by atoms with Gasteiger partial charge in [0.15, 0.2) is 0 Å². The molecule has 2 heterocycles. The first-order chi connectivity index (χ1) is 6.10. The van der Waals surface area contributed by atoms with Gasteiger partial charge in [-0.05, 0) is 6.08 Å². The smallest absolute Gasteiger partial charge is 0.138 e. The van der Waals surface area contributed by atoms with Crippen molar-refractivity contribution in [2.24, 2.45) is 0 Å². The molecular formula is C10H18NO2+. The first kappa shape index (κ1) is 9.19. The molecule has 13 heavy (non-hydrogen) atoms. The van der Waals surface area contributed by atoms with Crippen molar-refractivity contribution in [1.82, 2.24) is 0 Å². The highest BCUT2D eigenvalue weighted by atomic mass is 16.5. The maximum atomic E-state index is 9.64. The summed E-state index contributed by atoms with van der Waals surface area (Å²) in [6, 6.07) is 0. The number of rotatable bonds is 2. The van der Waals surface area contributed by atoms with Gasteiger partial charge in [0.05, 0.1) is 26.3 Å². The van der Waals surface area contributed by atoms with Gasteiger partial charge in [-0.2, -0.15) is 0 Å². The Morgan fingerprint density at radius 2 is 2.38 bits per heavy atom. The largest absolute Gasteiger partial charge is 0.393 e. The van der Waals surface area contributed by atoms with E-state index >= 15 is 0 Å². The fourth-order valence-electron chi connectivity index (χ4n) is 2.43. The van der Waals surface area contributed by atoms with E-state index in [2.05, 4.69) is 26.2 Å². The molecule has 0 aromatic heterocycles. The first-order valence-corrected chi connectivity index (χ1v) is 4.94. The minimum Gasteiger partial charge on any atom is -0.393 e. The Morgan fingerprint density at radius 1 is 1.62 bits per heavy atom. The number of ether oxygens (including phenoxy) is 1. The number of nitrogens with one attached hydrogen (secondary N) is 1. The molecule has 1 saturated heterocycles. The van der Waals surface area contributed by atoms with Crippen molar-refractivity contribution >= 4 is 0 Å². The fraction of sp³-hybridized carbons (Fsp3) is 0.800. The quantitative estimate of drug-likeness (QED) is 0.539. The van der Waals surface area contributed by atoms with Crippen LogP contribution in [-0.2, 0) is 4.74 Å². The first-order valence-electron chi connectivity index (χ1n) is 4.94. The lowest BCUT2D eigenvalue weighted by atomic mass is 9.93. The molecular weight excluding hydrogens is 166 g/mol. The molecule has 3 nitrogen and oxygen atoms in total. The van der Waals surface area contributed by atoms with Crippen molar-refractivity contribution in [2.75, 3.05) is 20.6 Å². The van der Waals surface area contributed by atoms with Crippen LogP contribution < -0.4 is 4.90 Å². The molecule has 0 unspecified atom stereocenters. The van der Waals surface area contributed by atoms with Crippen molar-refractivity contribution in [1.29, 1.82) is 0 Å². The molecule has 2 aliphatic heterocycles. The molecule has 2 N–H and O–H groups in total. The van der Waals surface area contributed by atoms with Crippen molar-refractivity contribution in [3.63, 3.8) is 0 Å². The summed E-state index contributed by atoms with van der Waals surface area (Å²) in [5.74, 6) is 0. The van der Waals surface area contributed by atoms with Gasteiger partial charge in [0, 0.05) is 12.8 Å².